The molecule has 0 N–H and O–H groups in total. The van der Waals surface area contributed by atoms with Crippen molar-refractivity contribution in [3.8, 4) is 11.1 Å². The van der Waals surface area contributed by atoms with Crippen LogP contribution < -0.4 is 0 Å². The second kappa shape index (κ2) is 8.07. The Morgan fingerprint density at radius 2 is 0.815 bits per heavy atom. The lowest BCUT2D eigenvalue weighted by atomic mass is 9.95. The normalized spacial score (nSPS) is 10.4. The van der Waals surface area contributed by atoms with Crippen molar-refractivity contribution in [2.24, 2.45) is 0 Å². The van der Waals surface area contributed by atoms with Crippen molar-refractivity contribution < 1.29 is 0 Å². The van der Waals surface area contributed by atoms with Gasteiger partial charge in [-0.1, -0.05) is 127 Å². The van der Waals surface area contributed by atoms with E-state index in [1.165, 1.54) is 11.1 Å². The van der Waals surface area contributed by atoms with Crippen LogP contribution in [0, 0.1) is 0 Å². The summed E-state index contributed by atoms with van der Waals surface area (Å²) in [5.41, 5.74) is 6.67. The van der Waals surface area contributed by atoms with Crippen LogP contribution in [0.25, 0.3) is 21.7 Å². The summed E-state index contributed by atoms with van der Waals surface area (Å²) in [6.45, 7) is 0. The van der Waals surface area contributed by atoms with Crippen molar-refractivity contribution in [3.63, 3.8) is 0 Å². The van der Waals surface area contributed by atoms with Crippen molar-refractivity contribution in [1.82, 2.24) is 0 Å². The fourth-order valence-corrected chi connectivity index (χ4v) is 3.56. The monoisotopic (exact) mass is 366 g/mol. The van der Waals surface area contributed by atoms with Crippen LogP contribution >= 0.6 is 11.6 Å². The molecular formula is C26H19Cl. The van der Waals surface area contributed by atoms with E-state index in [-0.39, 0.29) is 0 Å². The molecule has 0 amide bonds. The number of rotatable bonds is 4. The van der Waals surface area contributed by atoms with Crippen LogP contribution in [0.2, 0.25) is 0 Å². The minimum Gasteiger partial charge on any atom is -0.0830 e. The zero-order valence-corrected chi connectivity index (χ0v) is 15.6. The Balaban J connectivity index is 1.80. The van der Waals surface area contributed by atoms with Crippen LogP contribution in [-0.2, 0) is 0 Å². The Hall–Kier alpha value is -3.09. The fraction of sp³-hybridized carbons (Fsp3) is 0. The number of benzene rings is 4. The third-order valence-corrected chi connectivity index (χ3v) is 5.00. The number of halogens is 1. The Bertz CT molecular complexity index is 990. The van der Waals surface area contributed by atoms with Crippen LogP contribution in [0.3, 0.4) is 0 Å². The van der Waals surface area contributed by atoms with Crippen LogP contribution in [0.4, 0.5) is 0 Å². The van der Waals surface area contributed by atoms with E-state index >= 15 is 0 Å². The summed E-state index contributed by atoms with van der Waals surface area (Å²) in [6, 6.07) is 39.4. The first kappa shape index (κ1) is 17.3. The third-order valence-electron chi connectivity index (χ3n) is 4.59. The maximum absolute atomic E-state index is 6.92. The van der Waals surface area contributed by atoms with Gasteiger partial charge in [-0.15, -0.1) is 0 Å². The average molecular weight is 367 g/mol. The first-order valence-electron chi connectivity index (χ1n) is 8.99. The van der Waals surface area contributed by atoms with Crippen molar-refractivity contribution in [1.29, 1.82) is 0 Å². The molecule has 27 heavy (non-hydrogen) atoms. The summed E-state index contributed by atoms with van der Waals surface area (Å²) in [7, 11) is 0. The Kier molecular flexibility index (Phi) is 5.18. The summed E-state index contributed by atoms with van der Waals surface area (Å²) in [5, 5.41) is 0.756. The highest BCUT2D eigenvalue weighted by molar-refractivity contribution is 6.53. The van der Waals surface area contributed by atoms with Crippen molar-refractivity contribution in [2.45, 2.75) is 0 Å². The Morgan fingerprint density at radius 1 is 0.407 bits per heavy atom. The molecule has 0 aromatic heterocycles. The maximum atomic E-state index is 6.92. The van der Waals surface area contributed by atoms with Gasteiger partial charge in [0.25, 0.3) is 0 Å². The van der Waals surface area contributed by atoms with Gasteiger partial charge in [-0.25, -0.2) is 0 Å². The minimum absolute atomic E-state index is 0.756. The average Bonchev–Trinajstić information content (AvgIpc) is 2.76. The van der Waals surface area contributed by atoms with Gasteiger partial charge < -0.3 is 0 Å². The molecule has 4 aromatic rings. The molecule has 0 fully saturated rings. The highest BCUT2D eigenvalue weighted by atomic mass is 35.5. The van der Waals surface area contributed by atoms with Gasteiger partial charge in [0.05, 0.1) is 5.03 Å². The quantitative estimate of drug-likeness (QED) is 0.328. The molecule has 0 spiro atoms. The summed E-state index contributed by atoms with van der Waals surface area (Å²) in [4.78, 5) is 0. The lowest BCUT2D eigenvalue weighted by Gasteiger charge is -2.13. The van der Waals surface area contributed by atoms with Gasteiger partial charge in [-0.3, -0.25) is 0 Å². The van der Waals surface area contributed by atoms with E-state index < -0.39 is 0 Å². The van der Waals surface area contributed by atoms with E-state index in [9.17, 15) is 0 Å². The second-order valence-corrected chi connectivity index (χ2v) is 6.74. The summed E-state index contributed by atoms with van der Waals surface area (Å²) < 4.78 is 0. The van der Waals surface area contributed by atoms with Gasteiger partial charge in [0.2, 0.25) is 0 Å². The van der Waals surface area contributed by atoms with Crippen molar-refractivity contribution in [3.05, 3.63) is 132 Å². The molecule has 0 unspecified atom stereocenters. The van der Waals surface area contributed by atoms with Gasteiger partial charge >= 0.3 is 0 Å². The van der Waals surface area contributed by atoms with Gasteiger partial charge in [0, 0.05) is 5.57 Å². The molecule has 1 heteroatoms. The van der Waals surface area contributed by atoms with Gasteiger partial charge in [-0.05, 0) is 27.8 Å². The van der Waals surface area contributed by atoms with E-state index in [4.69, 9.17) is 11.6 Å². The molecule has 0 aliphatic heterocycles. The topological polar surface area (TPSA) is 0 Å². The highest BCUT2D eigenvalue weighted by Gasteiger charge is 2.12. The molecule has 4 aromatic carbocycles. The van der Waals surface area contributed by atoms with Gasteiger partial charge in [-0.2, -0.15) is 0 Å². The largest absolute Gasteiger partial charge is 0.0830 e. The number of hydrogen-bond donors (Lipinski definition) is 0. The Morgan fingerprint density at radius 3 is 1.30 bits per heavy atom. The molecule has 0 radical (unpaired) electrons. The first-order valence-corrected chi connectivity index (χ1v) is 9.37. The molecule has 4 rings (SSSR count). The fourth-order valence-electron chi connectivity index (χ4n) is 3.21. The van der Waals surface area contributed by atoms with E-state index in [2.05, 4.69) is 72.8 Å². The summed E-state index contributed by atoms with van der Waals surface area (Å²) in [6.07, 6.45) is 0. The molecule has 0 aliphatic carbocycles. The molecule has 130 valence electrons. The van der Waals surface area contributed by atoms with Crippen LogP contribution in [-0.4, -0.2) is 0 Å². The summed E-state index contributed by atoms with van der Waals surface area (Å²) >= 11 is 6.92. The van der Waals surface area contributed by atoms with Crippen molar-refractivity contribution in [2.75, 3.05) is 0 Å². The first-order chi connectivity index (χ1) is 13.3. The molecule has 0 saturated heterocycles. The van der Waals surface area contributed by atoms with Gasteiger partial charge in [0.1, 0.15) is 0 Å². The zero-order chi connectivity index (χ0) is 18.5. The van der Waals surface area contributed by atoms with E-state index in [1.807, 2.05) is 42.5 Å². The smallest absolute Gasteiger partial charge is 0.0562 e. The van der Waals surface area contributed by atoms with Crippen molar-refractivity contribution >= 4 is 22.2 Å². The van der Waals surface area contributed by atoms with Gasteiger partial charge in [0.15, 0.2) is 0 Å². The lowest BCUT2D eigenvalue weighted by Crippen LogP contribution is -1.91. The molecule has 0 bridgehead atoms. The molecule has 0 saturated carbocycles. The van der Waals surface area contributed by atoms with E-state index in [0.29, 0.717) is 0 Å². The Labute approximate surface area is 165 Å². The second-order valence-electron chi connectivity index (χ2n) is 6.36. The van der Waals surface area contributed by atoms with Crippen LogP contribution in [0.1, 0.15) is 16.7 Å². The zero-order valence-electron chi connectivity index (χ0n) is 14.8. The lowest BCUT2D eigenvalue weighted by molar-refractivity contribution is 1.54. The standard InChI is InChI=1S/C26H19Cl/c27-26(24-18-16-21(17-19-24)20-10-4-1-5-11-20)25(22-12-6-2-7-13-22)23-14-8-3-9-15-23/h1-19H. The molecular weight excluding hydrogens is 348 g/mol. The van der Waals surface area contributed by atoms with E-state index in [0.717, 1.165) is 27.3 Å². The van der Waals surface area contributed by atoms with Crippen LogP contribution in [0.5, 0.6) is 0 Å². The SMILES string of the molecule is ClC(=C(c1ccccc1)c1ccccc1)c1ccc(-c2ccccc2)cc1. The molecule has 0 aliphatic rings. The third kappa shape index (κ3) is 3.86. The van der Waals surface area contributed by atoms with E-state index in [1.54, 1.807) is 0 Å². The maximum Gasteiger partial charge on any atom is 0.0562 e. The molecule has 0 atom stereocenters. The molecule has 0 nitrogen and oxygen atoms in total. The summed E-state index contributed by atoms with van der Waals surface area (Å²) in [5.74, 6) is 0. The molecule has 0 heterocycles. The van der Waals surface area contributed by atoms with Crippen LogP contribution in [0.15, 0.2) is 115 Å². The minimum atomic E-state index is 0.756. The number of hydrogen-bond acceptors (Lipinski definition) is 0. The predicted octanol–water partition coefficient (Wildman–Crippen LogP) is 7.51. The highest BCUT2D eigenvalue weighted by Crippen LogP contribution is 2.35. The predicted molar refractivity (Wildman–Crippen MR) is 117 cm³/mol.